The summed E-state index contributed by atoms with van der Waals surface area (Å²) in [7, 11) is 0. The van der Waals surface area contributed by atoms with Gasteiger partial charge in [-0.3, -0.25) is 0 Å². The zero-order valence-corrected chi connectivity index (χ0v) is 7.42. The smallest absolute Gasteiger partial charge is 0.0512 e. The standard InChI is InChI=1S/C9H20O2/c1-9(11)7-5-3-2-4-6-8-10/h9-11H,2-8H2,1H3. The molecule has 0 saturated carbocycles. The summed E-state index contributed by atoms with van der Waals surface area (Å²) >= 11 is 0. The Morgan fingerprint density at radius 3 is 2.09 bits per heavy atom. The van der Waals surface area contributed by atoms with E-state index in [4.69, 9.17) is 10.2 Å². The molecule has 0 heterocycles. The monoisotopic (exact) mass is 160 g/mol. The van der Waals surface area contributed by atoms with E-state index in [9.17, 15) is 0 Å². The van der Waals surface area contributed by atoms with Gasteiger partial charge < -0.3 is 10.2 Å². The van der Waals surface area contributed by atoms with Crippen molar-refractivity contribution in [2.45, 2.75) is 51.6 Å². The number of aliphatic hydroxyl groups is 2. The van der Waals surface area contributed by atoms with Gasteiger partial charge in [0.25, 0.3) is 0 Å². The molecular weight excluding hydrogens is 140 g/mol. The maximum atomic E-state index is 8.92. The van der Waals surface area contributed by atoms with Crippen molar-refractivity contribution in [3.8, 4) is 0 Å². The lowest BCUT2D eigenvalue weighted by atomic mass is 10.1. The molecule has 2 N–H and O–H groups in total. The molecule has 0 spiro atoms. The van der Waals surface area contributed by atoms with Gasteiger partial charge in [0.2, 0.25) is 0 Å². The largest absolute Gasteiger partial charge is 0.396 e. The average Bonchev–Trinajstić information content (AvgIpc) is 1.96. The van der Waals surface area contributed by atoms with Crippen LogP contribution in [-0.4, -0.2) is 22.9 Å². The van der Waals surface area contributed by atoms with E-state index < -0.39 is 0 Å². The molecule has 68 valence electrons. The number of aliphatic hydroxyl groups excluding tert-OH is 2. The quantitative estimate of drug-likeness (QED) is 0.556. The fourth-order valence-electron chi connectivity index (χ4n) is 1.08. The molecule has 0 saturated heterocycles. The summed E-state index contributed by atoms with van der Waals surface area (Å²) in [5.74, 6) is 0. The lowest BCUT2D eigenvalue weighted by Crippen LogP contribution is -1.98. The molecule has 0 aromatic carbocycles. The molecule has 1 unspecified atom stereocenters. The first-order valence-corrected chi connectivity index (χ1v) is 4.56. The SMILES string of the molecule is CC(O)CCCCCCCO. The van der Waals surface area contributed by atoms with Crippen molar-refractivity contribution in [3.63, 3.8) is 0 Å². The lowest BCUT2D eigenvalue weighted by Gasteiger charge is -2.02. The molecule has 2 heteroatoms. The van der Waals surface area contributed by atoms with Crippen molar-refractivity contribution in [1.82, 2.24) is 0 Å². The van der Waals surface area contributed by atoms with Crippen LogP contribution in [0, 0.1) is 0 Å². The van der Waals surface area contributed by atoms with Crippen molar-refractivity contribution in [2.75, 3.05) is 6.61 Å². The minimum Gasteiger partial charge on any atom is -0.396 e. The van der Waals surface area contributed by atoms with Gasteiger partial charge in [0, 0.05) is 6.61 Å². The van der Waals surface area contributed by atoms with E-state index in [1.165, 1.54) is 12.8 Å². The van der Waals surface area contributed by atoms with E-state index in [1.807, 2.05) is 6.92 Å². The zero-order chi connectivity index (χ0) is 8.53. The minimum absolute atomic E-state index is 0.146. The van der Waals surface area contributed by atoms with Crippen LogP contribution in [0.1, 0.15) is 45.4 Å². The van der Waals surface area contributed by atoms with Crippen molar-refractivity contribution in [3.05, 3.63) is 0 Å². The predicted molar refractivity (Wildman–Crippen MR) is 46.5 cm³/mol. The summed E-state index contributed by atoms with van der Waals surface area (Å²) in [4.78, 5) is 0. The van der Waals surface area contributed by atoms with Gasteiger partial charge in [0.05, 0.1) is 6.10 Å². The molecule has 0 fully saturated rings. The fourth-order valence-corrected chi connectivity index (χ4v) is 1.08. The van der Waals surface area contributed by atoms with Gasteiger partial charge in [-0.2, -0.15) is 0 Å². The predicted octanol–water partition coefficient (Wildman–Crippen LogP) is 1.70. The van der Waals surface area contributed by atoms with Crippen LogP contribution in [0.5, 0.6) is 0 Å². The van der Waals surface area contributed by atoms with Crippen LogP contribution >= 0.6 is 0 Å². The highest BCUT2D eigenvalue weighted by atomic mass is 16.3. The molecule has 0 bridgehead atoms. The lowest BCUT2D eigenvalue weighted by molar-refractivity contribution is 0.180. The first kappa shape index (κ1) is 10.9. The molecule has 0 aromatic rings. The summed E-state index contributed by atoms with van der Waals surface area (Å²) in [6.45, 7) is 2.14. The Morgan fingerprint density at radius 1 is 1.00 bits per heavy atom. The topological polar surface area (TPSA) is 40.5 Å². The molecule has 0 aromatic heterocycles. The van der Waals surface area contributed by atoms with Gasteiger partial charge in [-0.1, -0.05) is 25.7 Å². The van der Waals surface area contributed by atoms with Crippen molar-refractivity contribution >= 4 is 0 Å². The molecule has 1 atom stereocenters. The fraction of sp³-hybridized carbons (Fsp3) is 1.00. The Morgan fingerprint density at radius 2 is 1.55 bits per heavy atom. The van der Waals surface area contributed by atoms with Crippen molar-refractivity contribution < 1.29 is 10.2 Å². The third-order valence-corrected chi connectivity index (χ3v) is 1.78. The highest BCUT2D eigenvalue weighted by Gasteiger charge is 1.94. The third-order valence-electron chi connectivity index (χ3n) is 1.78. The van der Waals surface area contributed by atoms with Gasteiger partial charge in [-0.15, -0.1) is 0 Å². The van der Waals surface area contributed by atoms with E-state index in [-0.39, 0.29) is 6.10 Å². The Balaban J connectivity index is 2.80. The van der Waals surface area contributed by atoms with Crippen LogP contribution in [0.4, 0.5) is 0 Å². The minimum atomic E-state index is -0.146. The number of rotatable bonds is 7. The van der Waals surface area contributed by atoms with Crippen LogP contribution in [0.25, 0.3) is 0 Å². The highest BCUT2D eigenvalue weighted by Crippen LogP contribution is 2.06. The van der Waals surface area contributed by atoms with Crippen LogP contribution in [-0.2, 0) is 0 Å². The molecular formula is C9H20O2. The second kappa shape index (κ2) is 8.02. The van der Waals surface area contributed by atoms with Crippen LogP contribution in [0.3, 0.4) is 0 Å². The van der Waals surface area contributed by atoms with E-state index in [0.717, 1.165) is 25.7 Å². The van der Waals surface area contributed by atoms with E-state index in [1.54, 1.807) is 0 Å². The van der Waals surface area contributed by atoms with Gasteiger partial charge in [-0.05, 0) is 19.8 Å². The molecule has 0 amide bonds. The number of hydrogen-bond donors (Lipinski definition) is 2. The molecule has 11 heavy (non-hydrogen) atoms. The maximum Gasteiger partial charge on any atom is 0.0512 e. The molecule has 0 aliphatic heterocycles. The number of hydrogen-bond acceptors (Lipinski definition) is 2. The van der Waals surface area contributed by atoms with Crippen LogP contribution in [0.15, 0.2) is 0 Å². The second-order valence-electron chi connectivity index (χ2n) is 3.13. The number of unbranched alkanes of at least 4 members (excludes halogenated alkanes) is 4. The summed E-state index contributed by atoms with van der Waals surface area (Å²) in [6.07, 6.45) is 6.30. The molecule has 0 radical (unpaired) electrons. The van der Waals surface area contributed by atoms with Gasteiger partial charge in [0.15, 0.2) is 0 Å². The van der Waals surface area contributed by atoms with Gasteiger partial charge >= 0.3 is 0 Å². The molecule has 0 rings (SSSR count). The first-order valence-electron chi connectivity index (χ1n) is 4.56. The van der Waals surface area contributed by atoms with Crippen molar-refractivity contribution in [2.24, 2.45) is 0 Å². The normalized spacial score (nSPS) is 13.4. The van der Waals surface area contributed by atoms with Gasteiger partial charge in [0.1, 0.15) is 0 Å². The second-order valence-corrected chi connectivity index (χ2v) is 3.13. The Hall–Kier alpha value is -0.0800. The first-order chi connectivity index (χ1) is 5.27. The molecule has 2 nitrogen and oxygen atoms in total. The summed E-state index contributed by atoms with van der Waals surface area (Å²) in [6, 6.07) is 0. The van der Waals surface area contributed by atoms with Crippen LogP contribution < -0.4 is 0 Å². The van der Waals surface area contributed by atoms with E-state index in [2.05, 4.69) is 0 Å². The molecule has 0 aliphatic rings. The van der Waals surface area contributed by atoms with Crippen molar-refractivity contribution in [1.29, 1.82) is 0 Å². The highest BCUT2D eigenvalue weighted by molar-refractivity contribution is 4.48. The van der Waals surface area contributed by atoms with Crippen LogP contribution in [0.2, 0.25) is 0 Å². The molecule has 0 aliphatic carbocycles. The van der Waals surface area contributed by atoms with E-state index >= 15 is 0 Å². The average molecular weight is 160 g/mol. The summed E-state index contributed by atoms with van der Waals surface area (Å²) in [5.41, 5.74) is 0. The van der Waals surface area contributed by atoms with E-state index in [0.29, 0.717) is 6.61 Å². The van der Waals surface area contributed by atoms with Gasteiger partial charge in [-0.25, -0.2) is 0 Å². The summed E-state index contributed by atoms with van der Waals surface area (Å²) < 4.78 is 0. The zero-order valence-electron chi connectivity index (χ0n) is 7.42. The Bertz CT molecular complexity index is 72.0. The maximum absolute atomic E-state index is 8.92. The Kier molecular flexibility index (Phi) is 7.96. The Labute approximate surface area is 69.2 Å². The third kappa shape index (κ3) is 9.92. The summed E-state index contributed by atoms with van der Waals surface area (Å²) in [5, 5.41) is 17.4.